The van der Waals surface area contributed by atoms with E-state index in [1.54, 1.807) is 0 Å². The van der Waals surface area contributed by atoms with Gasteiger partial charge in [-0.25, -0.2) is 0 Å². The number of benzene rings is 2. The summed E-state index contributed by atoms with van der Waals surface area (Å²) < 4.78 is 10.9. The summed E-state index contributed by atoms with van der Waals surface area (Å²) in [5.41, 5.74) is 2.87. The second kappa shape index (κ2) is 7.66. The van der Waals surface area contributed by atoms with Crippen LogP contribution in [0.3, 0.4) is 0 Å². The van der Waals surface area contributed by atoms with E-state index in [-0.39, 0.29) is 12.7 Å². The van der Waals surface area contributed by atoms with Gasteiger partial charge in [-0.05, 0) is 37.1 Å². The lowest BCUT2D eigenvalue weighted by atomic mass is 10.1. The third kappa shape index (κ3) is 3.72. The second-order valence-corrected chi connectivity index (χ2v) is 6.55. The third-order valence-corrected chi connectivity index (χ3v) is 4.83. The lowest BCUT2D eigenvalue weighted by Crippen LogP contribution is -2.30. The van der Waals surface area contributed by atoms with Gasteiger partial charge in [0.05, 0.1) is 17.8 Å². The van der Waals surface area contributed by atoms with Crippen LogP contribution in [0.25, 0.3) is 10.9 Å². The molecule has 5 heteroatoms. The summed E-state index contributed by atoms with van der Waals surface area (Å²) in [6.45, 7) is 3.41. The van der Waals surface area contributed by atoms with Crippen molar-refractivity contribution in [1.29, 1.82) is 0 Å². The highest BCUT2D eigenvalue weighted by atomic mass is 16.7. The molecule has 0 saturated heterocycles. The van der Waals surface area contributed by atoms with Crippen LogP contribution in [0.1, 0.15) is 24.6 Å². The second-order valence-electron chi connectivity index (χ2n) is 6.55. The molecule has 0 atom stereocenters. The fourth-order valence-corrected chi connectivity index (χ4v) is 3.36. The van der Waals surface area contributed by atoms with E-state index >= 15 is 0 Å². The summed E-state index contributed by atoms with van der Waals surface area (Å²) >= 11 is 0. The van der Waals surface area contributed by atoms with Crippen molar-refractivity contribution in [2.75, 3.05) is 13.3 Å². The monoisotopic (exact) mass is 362 g/mol. The Morgan fingerprint density at radius 3 is 2.85 bits per heavy atom. The van der Waals surface area contributed by atoms with Gasteiger partial charge in [0.15, 0.2) is 11.5 Å². The summed E-state index contributed by atoms with van der Waals surface area (Å²) in [7, 11) is 0. The van der Waals surface area contributed by atoms with Gasteiger partial charge in [0.1, 0.15) is 0 Å². The van der Waals surface area contributed by atoms with E-state index in [9.17, 15) is 4.79 Å². The normalized spacial score (nSPS) is 12.3. The Morgan fingerprint density at radius 1 is 1.07 bits per heavy atom. The van der Waals surface area contributed by atoms with Crippen LogP contribution < -0.4 is 9.47 Å². The molecule has 1 aliphatic rings. The van der Waals surface area contributed by atoms with Gasteiger partial charge in [0.2, 0.25) is 12.7 Å². The van der Waals surface area contributed by atoms with Gasteiger partial charge in [0, 0.05) is 18.4 Å². The largest absolute Gasteiger partial charge is 0.454 e. The van der Waals surface area contributed by atoms with Gasteiger partial charge in [-0.3, -0.25) is 9.78 Å². The zero-order valence-electron chi connectivity index (χ0n) is 15.4. The van der Waals surface area contributed by atoms with Crippen molar-refractivity contribution in [3.05, 3.63) is 65.9 Å². The van der Waals surface area contributed by atoms with Crippen molar-refractivity contribution in [3.63, 3.8) is 0 Å². The van der Waals surface area contributed by atoms with Gasteiger partial charge in [-0.2, -0.15) is 0 Å². The predicted octanol–water partition coefficient (Wildman–Crippen LogP) is 3.94. The average Bonchev–Trinajstić information content (AvgIpc) is 3.19. The molecule has 3 aromatic rings. The summed E-state index contributed by atoms with van der Waals surface area (Å²) in [4.78, 5) is 19.3. The molecule has 0 radical (unpaired) electrons. The van der Waals surface area contributed by atoms with Crippen LogP contribution in [0.2, 0.25) is 0 Å². The SMILES string of the molecule is CCN(Cc1ccc2ccccc2n1)C(=O)CCc1cccc2c1OCO2. The highest BCUT2D eigenvalue weighted by Crippen LogP contribution is 2.35. The van der Waals surface area contributed by atoms with E-state index in [4.69, 9.17) is 9.47 Å². The van der Waals surface area contributed by atoms with Gasteiger partial charge >= 0.3 is 0 Å². The van der Waals surface area contributed by atoms with E-state index < -0.39 is 0 Å². The predicted molar refractivity (Wildman–Crippen MR) is 104 cm³/mol. The van der Waals surface area contributed by atoms with Crippen LogP contribution in [0, 0.1) is 0 Å². The number of aromatic nitrogens is 1. The van der Waals surface area contributed by atoms with Crippen LogP contribution in [-0.4, -0.2) is 29.1 Å². The average molecular weight is 362 g/mol. The number of hydrogen-bond acceptors (Lipinski definition) is 4. The molecule has 2 aromatic carbocycles. The molecule has 1 aliphatic heterocycles. The number of amides is 1. The van der Waals surface area contributed by atoms with Crippen molar-refractivity contribution >= 4 is 16.8 Å². The number of aryl methyl sites for hydroxylation is 1. The minimum atomic E-state index is 0.115. The Balaban J connectivity index is 1.42. The van der Waals surface area contributed by atoms with Gasteiger partial charge in [-0.15, -0.1) is 0 Å². The molecule has 5 nitrogen and oxygen atoms in total. The molecular formula is C22H22N2O3. The quantitative estimate of drug-likeness (QED) is 0.666. The Hall–Kier alpha value is -3.08. The number of para-hydroxylation sites is 2. The lowest BCUT2D eigenvalue weighted by molar-refractivity contribution is -0.131. The number of pyridine rings is 1. The van der Waals surface area contributed by atoms with Crippen molar-refractivity contribution in [2.45, 2.75) is 26.3 Å². The van der Waals surface area contributed by atoms with E-state index in [0.29, 0.717) is 25.9 Å². The smallest absolute Gasteiger partial charge is 0.231 e. The van der Waals surface area contributed by atoms with E-state index in [2.05, 4.69) is 11.1 Å². The molecule has 4 rings (SSSR count). The first kappa shape index (κ1) is 17.3. The molecule has 2 heterocycles. The van der Waals surface area contributed by atoms with Crippen LogP contribution >= 0.6 is 0 Å². The Morgan fingerprint density at radius 2 is 1.96 bits per heavy atom. The van der Waals surface area contributed by atoms with E-state index in [1.165, 1.54) is 0 Å². The fraction of sp³-hybridized carbons (Fsp3) is 0.273. The first-order chi connectivity index (χ1) is 13.2. The molecule has 27 heavy (non-hydrogen) atoms. The molecule has 0 saturated carbocycles. The zero-order valence-corrected chi connectivity index (χ0v) is 15.4. The van der Waals surface area contributed by atoms with E-state index in [1.807, 2.05) is 60.4 Å². The van der Waals surface area contributed by atoms with Crippen LogP contribution in [0.5, 0.6) is 11.5 Å². The van der Waals surface area contributed by atoms with Gasteiger partial charge in [0.25, 0.3) is 0 Å². The maximum atomic E-state index is 12.7. The van der Waals surface area contributed by atoms with Crippen molar-refractivity contribution in [1.82, 2.24) is 9.88 Å². The highest BCUT2D eigenvalue weighted by molar-refractivity contribution is 5.79. The van der Waals surface area contributed by atoms with Crippen LogP contribution in [0.4, 0.5) is 0 Å². The number of rotatable bonds is 6. The Labute approximate surface area is 158 Å². The molecule has 1 aromatic heterocycles. The van der Waals surface area contributed by atoms with Crippen LogP contribution in [0.15, 0.2) is 54.6 Å². The summed E-state index contributed by atoms with van der Waals surface area (Å²) in [5.74, 6) is 1.64. The minimum Gasteiger partial charge on any atom is -0.454 e. The molecule has 1 amide bonds. The van der Waals surface area contributed by atoms with Gasteiger partial charge < -0.3 is 14.4 Å². The summed E-state index contributed by atoms with van der Waals surface area (Å²) in [6, 6.07) is 17.9. The highest BCUT2D eigenvalue weighted by Gasteiger charge is 2.19. The molecule has 138 valence electrons. The number of carbonyl (C=O) groups is 1. The molecular weight excluding hydrogens is 340 g/mol. The van der Waals surface area contributed by atoms with Crippen molar-refractivity contribution in [2.24, 2.45) is 0 Å². The fourth-order valence-electron chi connectivity index (χ4n) is 3.36. The lowest BCUT2D eigenvalue weighted by Gasteiger charge is -2.21. The molecule has 0 spiro atoms. The molecule has 0 N–H and O–H groups in total. The number of ether oxygens (including phenoxy) is 2. The molecule has 0 fully saturated rings. The van der Waals surface area contributed by atoms with Crippen molar-refractivity contribution < 1.29 is 14.3 Å². The molecule has 0 unspecified atom stereocenters. The number of fused-ring (bicyclic) bond motifs is 2. The molecule has 0 bridgehead atoms. The first-order valence-corrected chi connectivity index (χ1v) is 9.24. The molecule has 0 aliphatic carbocycles. The topological polar surface area (TPSA) is 51.7 Å². The Bertz CT molecular complexity index is 971. The first-order valence-electron chi connectivity index (χ1n) is 9.24. The van der Waals surface area contributed by atoms with E-state index in [0.717, 1.165) is 33.7 Å². The minimum absolute atomic E-state index is 0.115. The number of hydrogen-bond donors (Lipinski definition) is 0. The third-order valence-electron chi connectivity index (χ3n) is 4.83. The summed E-state index contributed by atoms with van der Waals surface area (Å²) in [5, 5.41) is 1.11. The Kier molecular flexibility index (Phi) is 4.92. The summed E-state index contributed by atoms with van der Waals surface area (Å²) in [6.07, 6.45) is 1.06. The maximum absolute atomic E-state index is 12.7. The van der Waals surface area contributed by atoms with Crippen molar-refractivity contribution in [3.8, 4) is 11.5 Å². The zero-order chi connectivity index (χ0) is 18.6. The number of carbonyl (C=O) groups excluding carboxylic acids is 1. The standard InChI is InChI=1S/C22H22N2O3/c1-2-24(14-18-12-10-16-6-3-4-8-19(16)23-18)21(25)13-11-17-7-5-9-20-22(17)27-15-26-20/h3-10,12H,2,11,13-15H2,1H3. The van der Waals surface area contributed by atoms with Crippen LogP contribution in [-0.2, 0) is 17.8 Å². The maximum Gasteiger partial charge on any atom is 0.231 e. The number of nitrogens with zero attached hydrogens (tertiary/aromatic N) is 2. The van der Waals surface area contributed by atoms with Gasteiger partial charge in [-0.1, -0.05) is 36.4 Å².